The quantitative estimate of drug-likeness (QED) is 0.840. The standard InChI is InChI=1S/C19H23NO2/c1-13-7-8-15-10-19(18(21-3)11-17(15)14(13)2)22-12-16-6-4-5-9-20-16/h4-6,9-11,13-14H,7-8,12H2,1-3H3. The average Bonchev–Trinajstić information content (AvgIpc) is 2.57. The molecule has 1 aromatic carbocycles. The van der Waals surface area contributed by atoms with Gasteiger partial charge in [-0.3, -0.25) is 4.98 Å². The van der Waals surface area contributed by atoms with Gasteiger partial charge in [0, 0.05) is 6.20 Å². The van der Waals surface area contributed by atoms with Gasteiger partial charge in [0.2, 0.25) is 0 Å². The molecule has 2 unspecified atom stereocenters. The Hall–Kier alpha value is -2.03. The molecule has 22 heavy (non-hydrogen) atoms. The van der Waals surface area contributed by atoms with E-state index in [0.29, 0.717) is 12.5 Å². The maximum atomic E-state index is 5.95. The third-order valence-electron chi connectivity index (χ3n) is 4.74. The van der Waals surface area contributed by atoms with Crippen LogP contribution >= 0.6 is 0 Å². The SMILES string of the molecule is COc1cc2c(cc1OCc1ccccn1)CCC(C)C2C. The normalized spacial score (nSPS) is 20.3. The zero-order chi connectivity index (χ0) is 15.5. The molecule has 0 bridgehead atoms. The molecular formula is C19H23NO2. The van der Waals surface area contributed by atoms with Crippen molar-refractivity contribution in [2.45, 2.75) is 39.2 Å². The van der Waals surface area contributed by atoms with Crippen molar-refractivity contribution >= 4 is 0 Å². The zero-order valence-electron chi connectivity index (χ0n) is 13.5. The summed E-state index contributed by atoms with van der Waals surface area (Å²) < 4.78 is 11.5. The second kappa shape index (κ2) is 6.39. The smallest absolute Gasteiger partial charge is 0.162 e. The molecule has 0 amide bonds. The van der Waals surface area contributed by atoms with E-state index in [1.165, 1.54) is 17.5 Å². The van der Waals surface area contributed by atoms with Crippen molar-refractivity contribution in [1.29, 1.82) is 0 Å². The third kappa shape index (κ3) is 2.94. The van der Waals surface area contributed by atoms with Gasteiger partial charge in [0.1, 0.15) is 6.61 Å². The minimum Gasteiger partial charge on any atom is -0.493 e. The predicted molar refractivity (Wildman–Crippen MR) is 87.5 cm³/mol. The van der Waals surface area contributed by atoms with Crippen molar-refractivity contribution in [2.24, 2.45) is 5.92 Å². The molecule has 1 aromatic heterocycles. The van der Waals surface area contributed by atoms with Crippen molar-refractivity contribution in [3.8, 4) is 11.5 Å². The van der Waals surface area contributed by atoms with Crippen LogP contribution in [0.1, 0.15) is 43.0 Å². The molecule has 0 fully saturated rings. The van der Waals surface area contributed by atoms with Gasteiger partial charge in [0.25, 0.3) is 0 Å². The zero-order valence-corrected chi connectivity index (χ0v) is 13.5. The van der Waals surface area contributed by atoms with Crippen LogP contribution in [0.25, 0.3) is 0 Å². The van der Waals surface area contributed by atoms with Gasteiger partial charge in [0.15, 0.2) is 11.5 Å². The van der Waals surface area contributed by atoms with E-state index in [0.717, 1.165) is 29.5 Å². The monoisotopic (exact) mass is 297 g/mol. The van der Waals surface area contributed by atoms with E-state index < -0.39 is 0 Å². The van der Waals surface area contributed by atoms with E-state index >= 15 is 0 Å². The van der Waals surface area contributed by atoms with E-state index in [-0.39, 0.29) is 0 Å². The highest BCUT2D eigenvalue weighted by Gasteiger charge is 2.25. The summed E-state index contributed by atoms with van der Waals surface area (Å²) in [5.41, 5.74) is 3.72. The number of ether oxygens (including phenoxy) is 2. The molecule has 1 heterocycles. The summed E-state index contributed by atoms with van der Waals surface area (Å²) in [6, 6.07) is 10.2. The van der Waals surface area contributed by atoms with E-state index in [1.54, 1.807) is 13.3 Å². The van der Waals surface area contributed by atoms with Gasteiger partial charge in [-0.2, -0.15) is 0 Å². The summed E-state index contributed by atoms with van der Waals surface area (Å²) in [5, 5.41) is 0. The molecule has 0 aliphatic heterocycles. The molecule has 2 aromatic rings. The Bertz CT molecular complexity index is 639. The van der Waals surface area contributed by atoms with Gasteiger partial charge < -0.3 is 9.47 Å². The highest BCUT2D eigenvalue weighted by molar-refractivity contribution is 5.49. The Morgan fingerprint density at radius 2 is 2.05 bits per heavy atom. The molecule has 0 saturated heterocycles. The van der Waals surface area contributed by atoms with Crippen LogP contribution < -0.4 is 9.47 Å². The molecule has 3 nitrogen and oxygen atoms in total. The van der Waals surface area contributed by atoms with Crippen LogP contribution in [0, 0.1) is 5.92 Å². The number of fused-ring (bicyclic) bond motifs is 1. The molecule has 2 atom stereocenters. The van der Waals surface area contributed by atoms with Crippen molar-refractivity contribution in [1.82, 2.24) is 4.98 Å². The Kier molecular flexibility index (Phi) is 4.32. The van der Waals surface area contributed by atoms with Crippen LogP contribution in [0.3, 0.4) is 0 Å². The molecular weight excluding hydrogens is 274 g/mol. The van der Waals surface area contributed by atoms with Gasteiger partial charge in [0.05, 0.1) is 12.8 Å². The molecule has 1 aliphatic carbocycles. The highest BCUT2D eigenvalue weighted by Crippen LogP contribution is 2.41. The summed E-state index contributed by atoms with van der Waals surface area (Å²) >= 11 is 0. The molecule has 116 valence electrons. The van der Waals surface area contributed by atoms with Crippen LogP contribution in [-0.4, -0.2) is 12.1 Å². The first kappa shape index (κ1) is 14.9. The van der Waals surface area contributed by atoms with Crippen molar-refractivity contribution in [3.63, 3.8) is 0 Å². The molecule has 0 radical (unpaired) electrons. The lowest BCUT2D eigenvalue weighted by Crippen LogP contribution is -2.16. The summed E-state index contributed by atoms with van der Waals surface area (Å²) in [7, 11) is 1.70. The maximum Gasteiger partial charge on any atom is 0.162 e. The lowest BCUT2D eigenvalue weighted by Gasteiger charge is -2.29. The number of rotatable bonds is 4. The lowest BCUT2D eigenvalue weighted by atomic mass is 9.77. The van der Waals surface area contributed by atoms with Gasteiger partial charge >= 0.3 is 0 Å². The first-order chi connectivity index (χ1) is 10.7. The van der Waals surface area contributed by atoms with E-state index in [4.69, 9.17) is 9.47 Å². The minimum atomic E-state index is 0.460. The fraction of sp³-hybridized carbons (Fsp3) is 0.421. The number of aromatic nitrogens is 1. The Balaban J connectivity index is 1.85. The summed E-state index contributed by atoms with van der Waals surface area (Å²) in [5.74, 6) is 2.92. The number of nitrogens with zero attached hydrogens (tertiary/aromatic N) is 1. The van der Waals surface area contributed by atoms with E-state index in [1.807, 2.05) is 18.2 Å². The van der Waals surface area contributed by atoms with E-state index in [2.05, 4.69) is 31.0 Å². The second-order valence-electron chi connectivity index (χ2n) is 6.12. The fourth-order valence-electron chi connectivity index (χ4n) is 3.11. The topological polar surface area (TPSA) is 31.4 Å². The lowest BCUT2D eigenvalue weighted by molar-refractivity contribution is 0.279. The van der Waals surface area contributed by atoms with E-state index in [9.17, 15) is 0 Å². The number of hydrogen-bond acceptors (Lipinski definition) is 3. The van der Waals surface area contributed by atoms with Crippen molar-refractivity contribution in [2.75, 3.05) is 7.11 Å². The van der Waals surface area contributed by atoms with Crippen LogP contribution in [0.2, 0.25) is 0 Å². The molecule has 0 spiro atoms. The molecule has 1 aliphatic rings. The predicted octanol–water partition coefficient (Wildman–Crippen LogP) is 4.36. The first-order valence-corrected chi connectivity index (χ1v) is 7.92. The maximum absolute atomic E-state index is 5.95. The number of benzene rings is 1. The Morgan fingerprint density at radius 1 is 1.18 bits per heavy atom. The van der Waals surface area contributed by atoms with Gasteiger partial charge in [-0.05, 0) is 60.1 Å². The van der Waals surface area contributed by atoms with Gasteiger partial charge in [-0.15, -0.1) is 0 Å². The van der Waals surface area contributed by atoms with Crippen LogP contribution in [0.15, 0.2) is 36.5 Å². The minimum absolute atomic E-state index is 0.460. The van der Waals surface area contributed by atoms with Crippen LogP contribution in [-0.2, 0) is 13.0 Å². The fourth-order valence-corrected chi connectivity index (χ4v) is 3.11. The first-order valence-electron chi connectivity index (χ1n) is 7.92. The average molecular weight is 297 g/mol. The number of aryl methyl sites for hydroxylation is 1. The molecule has 3 rings (SSSR count). The summed E-state index contributed by atoms with van der Waals surface area (Å²) in [4.78, 5) is 4.29. The molecule has 0 saturated carbocycles. The van der Waals surface area contributed by atoms with Crippen molar-refractivity contribution in [3.05, 3.63) is 53.3 Å². The van der Waals surface area contributed by atoms with Gasteiger partial charge in [-0.1, -0.05) is 19.9 Å². The molecule has 0 N–H and O–H groups in total. The van der Waals surface area contributed by atoms with Gasteiger partial charge in [-0.25, -0.2) is 0 Å². The largest absolute Gasteiger partial charge is 0.493 e. The Labute approximate surface area is 132 Å². The second-order valence-corrected chi connectivity index (χ2v) is 6.12. The summed E-state index contributed by atoms with van der Waals surface area (Å²) in [6.07, 6.45) is 4.14. The molecule has 3 heteroatoms. The summed E-state index contributed by atoms with van der Waals surface area (Å²) in [6.45, 7) is 5.09. The third-order valence-corrected chi connectivity index (χ3v) is 4.74. The highest BCUT2D eigenvalue weighted by atomic mass is 16.5. The number of hydrogen-bond donors (Lipinski definition) is 0. The van der Waals surface area contributed by atoms with Crippen molar-refractivity contribution < 1.29 is 9.47 Å². The number of pyridine rings is 1. The number of methoxy groups -OCH3 is 1. The van der Waals surface area contributed by atoms with Crippen LogP contribution in [0.5, 0.6) is 11.5 Å². The Morgan fingerprint density at radius 3 is 2.77 bits per heavy atom. The van der Waals surface area contributed by atoms with Crippen LogP contribution in [0.4, 0.5) is 0 Å².